The van der Waals surface area contributed by atoms with Crippen molar-refractivity contribution in [3.05, 3.63) is 0 Å². The molecule has 0 aliphatic heterocycles. The Hall–Kier alpha value is 5.58. The fourth-order valence-electron chi connectivity index (χ4n) is 25.2. The van der Waals surface area contributed by atoms with Crippen molar-refractivity contribution in [2.75, 3.05) is 0 Å². The first-order chi connectivity index (χ1) is 39.1. The van der Waals surface area contributed by atoms with E-state index in [1.807, 2.05) is 0 Å². The van der Waals surface area contributed by atoms with Crippen LogP contribution in [0.2, 0.25) is 0 Å². The summed E-state index contributed by atoms with van der Waals surface area (Å²) in [5.41, 5.74) is 0. The average molecular weight is 1020 g/mol. The zero-order valence-corrected chi connectivity index (χ0v) is 68.2. The van der Waals surface area contributed by atoms with Crippen molar-refractivity contribution in [1.29, 1.82) is 0 Å². The summed E-state index contributed by atoms with van der Waals surface area (Å²) in [6.45, 7) is 0. The highest BCUT2D eigenvalue weighted by Gasteiger charge is 2.67. The van der Waals surface area contributed by atoms with E-state index in [1.54, 1.807) is 0 Å². The predicted molar refractivity (Wildman–Crippen MR) is 618 cm³/mol. The van der Waals surface area contributed by atoms with Crippen LogP contribution >= 0.6 is 0 Å². The molecule has 86 heteroatoms. The maximum Gasteiger partial charge on any atom is 0.0552 e. The summed E-state index contributed by atoms with van der Waals surface area (Å²) < 4.78 is 0. The fraction of sp³-hybridized carbons (Fsp3) is 0. The molecule has 0 aliphatic carbocycles. The van der Waals surface area contributed by atoms with Gasteiger partial charge in [-0.15, -0.1) is 0 Å². The number of hydrogen-bond donors (Lipinski definition) is 0. The van der Waals surface area contributed by atoms with Crippen LogP contribution in [0.15, 0.2) is 0 Å². The van der Waals surface area contributed by atoms with Gasteiger partial charge in [-0.25, -0.2) is 0 Å². The smallest absolute Gasteiger partial charge is 0.00000194 e. The molecular weight excluding hydrogens is 930 g/mol. The Morgan fingerprint density at radius 3 is 0.140 bits per heavy atom. The summed E-state index contributed by atoms with van der Waals surface area (Å²) in [6.07, 6.45) is 23.6. The van der Waals surface area contributed by atoms with E-state index in [-0.39, 0.29) is 0 Å². The van der Waals surface area contributed by atoms with E-state index in [1.165, 1.54) is 0 Å². The van der Waals surface area contributed by atoms with Gasteiger partial charge in [0.1, 0.15) is 0 Å². The molecule has 0 radical (unpaired) electrons. The van der Waals surface area contributed by atoms with E-state index in [0.29, 0.717) is 268 Å². The minimum atomic E-state index is 0.486. The van der Waals surface area contributed by atoms with E-state index < -0.39 is 0 Å². The third-order valence-electron chi connectivity index (χ3n) is 25.4. The summed E-state index contributed by atoms with van der Waals surface area (Å²) in [7, 11) is 120. The first-order valence-electron chi connectivity index (χ1n) is 39.1. The van der Waals surface area contributed by atoms with Crippen LogP contribution in [-0.2, 0) is 0 Å². The normalized spacial score (nSPS) is 9.81. The van der Waals surface area contributed by atoms with Gasteiger partial charge in [-0.2, -0.15) is 0 Å². The van der Waals surface area contributed by atoms with Crippen molar-refractivity contribution >= 4 is 609 Å². The van der Waals surface area contributed by atoms with E-state index in [4.69, 9.17) is 0 Å². The lowest BCUT2D eigenvalue weighted by Crippen LogP contribution is -3.00. The van der Waals surface area contributed by atoms with Crippen molar-refractivity contribution < 1.29 is 0 Å². The molecule has 0 N–H and O–H groups in total. The van der Waals surface area contributed by atoms with Gasteiger partial charge in [0, 0.05) is 268 Å². The second kappa shape index (κ2) is 42.0. The minimum absolute atomic E-state index is 0.486. The topological polar surface area (TPSA) is 0 Å². The minimum Gasteiger partial charge on any atom is 0.00000194 e. The molecule has 0 saturated carbocycles. The second-order valence-corrected chi connectivity index (χ2v) is 38.9. The van der Waals surface area contributed by atoms with Gasteiger partial charge in [0.05, 0.1) is 340 Å². The zero-order valence-electron chi connectivity index (χ0n) is 68.2. The summed E-state index contributed by atoms with van der Waals surface area (Å²) in [5, 5.41) is 0. The highest BCUT2D eigenvalue weighted by Crippen LogP contribution is 2.29. The Balaban J connectivity index is 13.3. The Morgan fingerprint density at radius 2 is 0.0930 bits per heavy atom. The molecular formula is H88B86. The summed E-state index contributed by atoms with van der Waals surface area (Å²) in [6, 6.07) is 0. The van der Waals surface area contributed by atoms with Gasteiger partial charge in [-0.3, -0.25) is 0 Å². The molecule has 0 fully saturated rings. The molecule has 86 heavy (non-hydrogen) atoms. The quantitative estimate of drug-likeness (QED) is 0.0536. The van der Waals surface area contributed by atoms with Gasteiger partial charge in [-0.05, 0) is 0 Å². The van der Waals surface area contributed by atoms with Gasteiger partial charge in [0.25, 0.3) is 0 Å². The van der Waals surface area contributed by atoms with Crippen molar-refractivity contribution in [3.8, 4) is 0 Å². The van der Waals surface area contributed by atoms with Crippen molar-refractivity contribution in [2.45, 2.75) is 0 Å². The summed E-state index contributed by atoms with van der Waals surface area (Å²) >= 11 is 0. The maximum absolute atomic E-state index is 2.78. The van der Waals surface area contributed by atoms with Gasteiger partial charge < -0.3 is 0 Å². The van der Waals surface area contributed by atoms with Crippen LogP contribution in [0.25, 0.3) is 0 Å². The maximum atomic E-state index is 2.78. The molecule has 0 bridgehead atoms. The van der Waals surface area contributed by atoms with Gasteiger partial charge in [-0.1, -0.05) is 0 Å². The highest BCUT2D eigenvalue weighted by atomic mass is 13.5. The molecule has 0 saturated heterocycles. The molecule has 0 amide bonds. The molecule has 0 spiro atoms. The summed E-state index contributed by atoms with van der Waals surface area (Å²) in [4.78, 5) is 0. The largest absolute Gasteiger partial charge is 0.0552 e. The molecule has 346 valence electrons. The molecule has 0 aromatic heterocycles. The van der Waals surface area contributed by atoms with Crippen LogP contribution in [0.1, 0.15) is 0 Å². The van der Waals surface area contributed by atoms with Crippen molar-refractivity contribution in [3.63, 3.8) is 0 Å². The Morgan fingerprint density at radius 1 is 0.0581 bits per heavy atom. The van der Waals surface area contributed by atoms with E-state index in [2.05, 4.69) is 340 Å². The van der Waals surface area contributed by atoms with Crippen molar-refractivity contribution in [2.24, 2.45) is 0 Å². The van der Waals surface area contributed by atoms with Crippen LogP contribution in [-0.4, -0.2) is 609 Å². The predicted octanol–water partition coefficient (Wildman–Crippen LogP) is -56.3. The fourth-order valence-corrected chi connectivity index (χ4v) is 25.2. The second-order valence-electron chi connectivity index (χ2n) is 38.9. The van der Waals surface area contributed by atoms with Gasteiger partial charge >= 0.3 is 0 Å². The Labute approximate surface area is 602 Å². The molecule has 0 rings (SSSR count). The van der Waals surface area contributed by atoms with Crippen molar-refractivity contribution in [1.82, 2.24) is 0 Å². The first-order valence-corrected chi connectivity index (χ1v) is 39.1. The monoisotopic (exact) mass is 1040 g/mol. The molecule has 0 atom stereocenters. The lowest BCUT2D eigenvalue weighted by Gasteiger charge is -2.61. The SMILES string of the molecule is BB(B)B(B(B)B)B(B(B(B)B)B(B)B)B(B(B(B)B)B(B)B)B(B(B(B(B(B)B)B(B)B)B(B(B)B)B(B)B)B(B(B(B)B)B(B)B)B(B(B)B)B(B)B)B(B(B(B(B)B)B(B)B)B(B(B)B)B(B)B)B(B(B(B)B)B(B)B)B(B(B)B)B(B)B. The third kappa shape index (κ3) is 24.4. The zero-order chi connectivity index (χ0) is 68.2. The van der Waals surface area contributed by atoms with E-state index >= 15 is 0 Å². The van der Waals surface area contributed by atoms with Crippen LogP contribution in [0.4, 0.5) is 0 Å². The third-order valence-corrected chi connectivity index (χ3v) is 25.4. The van der Waals surface area contributed by atoms with E-state index in [9.17, 15) is 0 Å². The van der Waals surface area contributed by atoms with Crippen LogP contribution in [0.5, 0.6) is 0 Å². The van der Waals surface area contributed by atoms with Gasteiger partial charge in [0.15, 0.2) is 0 Å². The number of hydrogen-bond acceptors (Lipinski definition) is 0. The van der Waals surface area contributed by atoms with Gasteiger partial charge in [0.2, 0.25) is 0 Å². The van der Waals surface area contributed by atoms with Crippen LogP contribution in [0.3, 0.4) is 0 Å². The number of rotatable bonds is 41. The molecule has 0 nitrogen and oxygen atoms in total. The molecule has 0 aliphatic rings. The van der Waals surface area contributed by atoms with Crippen LogP contribution < -0.4 is 0 Å². The van der Waals surface area contributed by atoms with E-state index in [0.717, 1.165) is 0 Å². The summed E-state index contributed by atoms with van der Waals surface area (Å²) in [5.74, 6) is 0. The average Bonchev–Trinajstić information content (AvgIpc) is 3.27. The molecule has 0 heterocycles. The molecule has 0 aromatic rings. The lowest BCUT2D eigenvalue weighted by molar-refractivity contribution is 3.14. The Kier molecular flexibility index (Phi) is 44.7. The highest BCUT2D eigenvalue weighted by molar-refractivity contribution is 8.42. The molecule has 0 unspecified atom stereocenters. The standard InChI is InChI=1S/B86H88/c1-45(2)67(46(3)4)78(68(47(5)6)48(7)8)83(77(65(41)42)66(43)44)86(84(79(69(49(9)10)50(11)12)70(51(13)14)52(15)16)80(71(53(17)18)54(19)20)72(55(21)22)56(23)24)85(81(73(57(25)26)58(27)28)74(59(29)30)60(31)32)82(75(61(33)34)62(35)36)76(63(37)38)64(39)40/h1-44H2. The Bertz CT molecular complexity index is 1350. The van der Waals surface area contributed by atoms with Crippen LogP contribution in [0, 0.1) is 0 Å². The molecule has 0 aromatic carbocycles. The first kappa shape index (κ1) is 91.6. The lowest BCUT2D eigenvalue weighted by atomic mass is 8.19.